The van der Waals surface area contributed by atoms with E-state index in [0.717, 1.165) is 13.0 Å². The van der Waals surface area contributed by atoms with Gasteiger partial charge in [-0.2, -0.15) is 0 Å². The van der Waals surface area contributed by atoms with Crippen molar-refractivity contribution in [3.63, 3.8) is 0 Å². The maximum absolute atomic E-state index is 11.9. The van der Waals surface area contributed by atoms with Gasteiger partial charge in [-0.05, 0) is 26.9 Å². The van der Waals surface area contributed by atoms with Gasteiger partial charge in [-0.1, -0.05) is 12.8 Å². The molecule has 1 saturated heterocycles. The number of amides is 1. The fourth-order valence-electron chi connectivity index (χ4n) is 3.14. The molecule has 0 radical (unpaired) electrons. The third kappa shape index (κ3) is 2.23. The molecule has 0 spiro atoms. The Balaban J connectivity index is 2.08. The Labute approximate surface area is 97.8 Å². The second-order valence-electron chi connectivity index (χ2n) is 5.39. The maximum Gasteiger partial charge on any atom is 0.224 e. The molecule has 1 aliphatic heterocycles. The van der Waals surface area contributed by atoms with Crippen LogP contribution in [0.25, 0.3) is 0 Å². The van der Waals surface area contributed by atoms with Crippen LogP contribution >= 0.6 is 0 Å². The molecule has 4 heteroatoms. The van der Waals surface area contributed by atoms with Gasteiger partial charge < -0.3 is 15.5 Å². The summed E-state index contributed by atoms with van der Waals surface area (Å²) in [5.74, 6) is 0.256. The average Bonchev–Trinajstić information content (AvgIpc) is 2.57. The Morgan fingerprint density at radius 3 is 2.56 bits per heavy atom. The van der Waals surface area contributed by atoms with Crippen molar-refractivity contribution in [2.75, 3.05) is 20.6 Å². The molecule has 0 aromatic heterocycles. The van der Waals surface area contributed by atoms with E-state index in [-0.39, 0.29) is 11.9 Å². The monoisotopic (exact) mass is 225 g/mol. The highest BCUT2D eigenvalue weighted by Gasteiger charge is 2.38. The summed E-state index contributed by atoms with van der Waals surface area (Å²) < 4.78 is 0. The Morgan fingerprint density at radius 2 is 2.00 bits per heavy atom. The van der Waals surface area contributed by atoms with Crippen LogP contribution in [0.2, 0.25) is 0 Å². The third-order valence-electron chi connectivity index (χ3n) is 3.95. The Bertz CT molecular complexity index is 267. The Morgan fingerprint density at radius 1 is 1.31 bits per heavy atom. The molecule has 0 aromatic rings. The molecular weight excluding hydrogens is 202 g/mol. The first-order chi connectivity index (χ1) is 7.59. The molecule has 92 valence electrons. The lowest BCUT2D eigenvalue weighted by atomic mass is 9.88. The molecule has 2 fully saturated rings. The van der Waals surface area contributed by atoms with Crippen molar-refractivity contribution in [1.29, 1.82) is 0 Å². The van der Waals surface area contributed by atoms with E-state index >= 15 is 0 Å². The molecule has 0 aromatic carbocycles. The largest absolute Gasteiger partial charge is 0.337 e. The van der Waals surface area contributed by atoms with E-state index in [9.17, 15) is 4.79 Å². The zero-order chi connectivity index (χ0) is 11.7. The first-order valence-electron chi connectivity index (χ1n) is 6.31. The first kappa shape index (κ1) is 11.9. The SMILES string of the molecule is CN(C)[C@H]1CCCC[C@@H]1N1CC(N)CC1=O. The molecule has 3 atom stereocenters. The highest BCUT2D eigenvalue weighted by Crippen LogP contribution is 2.28. The molecule has 16 heavy (non-hydrogen) atoms. The van der Waals surface area contributed by atoms with Crippen molar-refractivity contribution in [2.45, 2.75) is 50.2 Å². The van der Waals surface area contributed by atoms with E-state index in [1.54, 1.807) is 0 Å². The predicted molar refractivity (Wildman–Crippen MR) is 64.0 cm³/mol. The van der Waals surface area contributed by atoms with Gasteiger partial charge in [-0.25, -0.2) is 0 Å². The van der Waals surface area contributed by atoms with Crippen LogP contribution in [0, 0.1) is 0 Å². The van der Waals surface area contributed by atoms with Gasteiger partial charge in [-0.3, -0.25) is 4.79 Å². The van der Waals surface area contributed by atoms with Gasteiger partial charge in [0, 0.05) is 31.1 Å². The van der Waals surface area contributed by atoms with Crippen molar-refractivity contribution in [2.24, 2.45) is 5.73 Å². The smallest absolute Gasteiger partial charge is 0.224 e. The summed E-state index contributed by atoms with van der Waals surface area (Å²) in [5.41, 5.74) is 5.87. The maximum atomic E-state index is 11.9. The van der Waals surface area contributed by atoms with E-state index in [4.69, 9.17) is 5.73 Å². The van der Waals surface area contributed by atoms with E-state index in [1.165, 1.54) is 19.3 Å². The number of hydrogen-bond acceptors (Lipinski definition) is 3. The molecule has 1 amide bonds. The number of carbonyl (C=O) groups excluding carboxylic acids is 1. The zero-order valence-electron chi connectivity index (χ0n) is 10.4. The van der Waals surface area contributed by atoms with Gasteiger partial charge >= 0.3 is 0 Å². The lowest BCUT2D eigenvalue weighted by Gasteiger charge is -2.41. The molecule has 1 heterocycles. The number of likely N-dealkylation sites (N-methyl/N-ethyl adjacent to an activating group) is 1. The first-order valence-corrected chi connectivity index (χ1v) is 6.31. The summed E-state index contributed by atoms with van der Waals surface area (Å²) in [6.07, 6.45) is 5.41. The lowest BCUT2D eigenvalue weighted by Crippen LogP contribution is -2.52. The molecule has 1 saturated carbocycles. The molecule has 1 aliphatic carbocycles. The number of likely N-dealkylation sites (tertiary alicyclic amines) is 1. The van der Waals surface area contributed by atoms with Gasteiger partial charge in [0.15, 0.2) is 0 Å². The summed E-state index contributed by atoms with van der Waals surface area (Å²) in [6.45, 7) is 0.758. The van der Waals surface area contributed by atoms with Crippen molar-refractivity contribution in [3.05, 3.63) is 0 Å². The number of carbonyl (C=O) groups is 1. The molecule has 2 N–H and O–H groups in total. The summed E-state index contributed by atoms with van der Waals surface area (Å²) in [7, 11) is 4.23. The number of rotatable bonds is 2. The zero-order valence-corrected chi connectivity index (χ0v) is 10.4. The number of hydrogen-bond donors (Lipinski definition) is 1. The van der Waals surface area contributed by atoms with E-state index in [0.29, 0.717) is 18.5 Å². The highest BCUT2D eigenvalue weighted by atomic mass is 16.2. The van der Waals surface area contributed by atoms with Crippen molar-refractivity contribution in [1.82, 2.24) is 9.80 Å². The van der Waals surface area contributed by atoms with Gasteiger partial charge in [-0.15, -0.1) is 0 Å². The number of nitrogens with two attached hydrogens (primary N) is 1. The van der Waals surface area contributed by atoms with Crippen LogP contribution in [0.1, 0.15) is 32.1 Å². The van der Waals surface area contributed by atoms with Crippen LogP contribution in [0.3, 0.4) is 0 Å². The van der Waals surface area contributed by atoms with Crippen LogP contribution in [0.15, 0.2) is 0 Å². The normalized spacial score (nSPS) is 36.1. The molecule has 0 bridgehead atoms. The van der Waals surface area contributed by atoms with Crippen molar-refractivity contribution in [3.8, 4) is 0 Å². The second-order valence-corrected chi connectivity index (χ2v) is 5.39. The minimum Gasteiger partial charge on any atom is -0.337 e. The fourth-order valence-corrected chi connectivity index (χ4v) is 3.14. The Kier molecular flexibility index (Phi) is 3.50. The summed E-state index contributed by atoms with van der Waals surface area (Å²) in [5, 5.41) is 0. The summed E-state index contributed by atoms with van der Waals surface area (Å²) >= 11 is 0. The molecule has 2 rings (SSSR count). The average molecular weight is 225 g/mol. The number of nitrogens with zero attached hydrogens (tertiary/aromatic N) is 2. The molecular formula is C12H23N3O. The summed E-state index contributed by atoms with van der Waals surface area (Å²) in [6, 6.07) is 0.963. The molecule has 4 nitrogen and oxygen atoms in total. The quantitative estimate of drug-likeness (QED) is 0.741. The van der Waals surface area contributed by atoms with Gasteiger partial charge in [0.05, 0.1) is 0 Å². The highest BCUT2D eigenvalue weighted by molar-refractivity contribution is 5.79. The van der Waals surface area contributed by atoms with Crippen molar-refractivity contribution < 1.29 is 4.79 Å². The van der Waals surface area contributed by atoms with Crippen LogP contribution in [0.5, 0.6) is 0 Å². The van der Waals surface area contributed by atoms with E-state index in [1.807, 2.05) is 4.90 Å². The van der Waals surface area contributed by atoms with E-state index in [2.05, 4.69) is 19.0 Å². The second kappa shape index (κ2) is 4.72. The van der Waals surface area contributed by atoms with Crippen LogP contribution in [-0.2, 0) is 4.79 Å². The van der Waals surface area contributed by atoms with Crippen LogP contribution in [-0.4, -0.2) is 54.5 Å². The molecule has 2 aliphatic rings. The third-order valence-corrected chi connectivity index (χ3v) is 3.95. The lowest BCUT2D eigenvalue weighted by molar-refractivity contribution is -0.131. The van der Waals surface area contributed by atoms with Crippen LogP contribution in [0.4, 0.5) is 0 Å². The summed E-state index contributed by atoms with van der Waals surface area (Å²) in [4.78, 5) is 16.2. The Hall–Kier alpha value is -0.610. The minimum atomic E-state index is 0.0530. The molecule has 1 unspecified atom stereocenters. The van der Waals surface area contributed by atoms with Crippen molar-refractivity contribution >= 4 is 5.91 Å². The minimum absolute atomic E-state index is 0.0530. The standard InChI is InChI=1S/C12H23N3O/c1-14(2)10-5-3-4-6-11(10)15-8-9(13)7-12(15)16/h9-11H,3-8,13H2,1-2H3/t9?,10-,11-/m0/s1. The van der Waals surface area contributed by atoms with Crippen LogP contribution < -0.4 is 5.73 Å². The predicted octanol–water partition coefficient (Wildman–Crippen LogP) is 0.419. The van der Waals surface area contributed by atoms with Gasteiger partial charge in [0.1, 0.15) is 0 Å². The topological polar surface area (TPSA) is 49.6 Å². The fraction of sp³-hybridized carbons (Fsp3) is 0.917. The van der Waals surface area contributed by atoms with E-state index < -0.39 is 0 Å². The van der Waals surface area contributed by atoms with Gasteiger partial charge in [0.25, 0.3) is 0 Å². The van der Waals surface area contributed by atoms with Gasteiger partial charge in [0.2, 0.25) is 5.91 Å².